The Morgan fingerprint density at radius 3 is 2.55 bits per heavy atom. The fourth-order valence-electron chi connectivity index (χ4n) is 2.55. The van der Waals surface area contributed by atoms with E-state index in [1.165, 1.54) is 24.3 Å². The van der Waals surface area contributed by atoms with E-state index in [1.807, 2.05) is 14.0 Å². The van der Waals surface area contributed by atoms with Gasteiger partial charge in [0.2, 0.25) is 0 Å². The molecule has 0 aromatic heterocycles. The maximum Gasteiger partial charge on any atom is 0.416 e. The molecule has 1 saturated heterocycles. The van der Waals surface area contributed by atoms with Crippen molar-refractivity contribution in [3.63, 3.8) is 0 Å². The summed E-state index contributed by atoms with van der Waals surface area (Å²) < 4.78 is 39.0. The molecule has 0 unspecified atom stereocenters. The second-order valence-corrected chi connectivity index (χ2v) is 5.56. The van der Waals surface area contributed by atoms with Gasteiger partial charge in [0, 0.05) is 19.3 Å². The summed E-state index contributed by atoms with van der Waals surface area (Å²) in [6.45, 7) is 4.57. The van der Waals surface area contributed by atoms with Crippen LogP contribution in [0.25, 0.3) is 0 Å². The van der Waals surface area contributed by atoms with Crippen molar-refractivity contribution in [1.29, 1.82) is 0 Å². The van der Waals surface area contributed by atoms with Crippen LogP contribution in [0, 0.1) is 0 Å². The van der Waals surface area contributed by atoms with Crippen molar-refractivity contribution in [2.75, 3.05) is 13.6 Å². The van der Waals surface area contributed by atoms with Crippen molar-refractivity contribution in [1.82, 2.24) is 4.90 Å². The lowest BCUT2D eigenvalue weighted by Gasteiger charge is -2.27. The molecule has 0 aromatic rings. The van der Waals surface area contributed by atoms with Crippen LogP contribution in [0.2, 0.25) is 0 Å². The summed E-state index contributed by atoms with van der Waals surface area (Å²) in [4.78, 5) is 2.20. The molecule has 1 rings (SSSR count). The molecule has 0 bridgehead atoms. The van der Waals surface area contributed by atoms with Gasteiger partial charge in [0.25, 0.3) is 0 Å². The summed E-state index contributed by atoms with van der Waals surface area (Å²) in [5.74, 6) is 0. The standard InChI is InChI=1S/C18H26F3N/c1-4-8-15(14-16(9-5-2)18(19,20)21)11-12-17-10-6-7-13-22(17)3/h4,8-9,12,14H,5-7,10-11,13H2,1-3H3/b8-4-,15-14+,16-9-,17-12-. The zero-order chi connectivity index (χ0) is 16.6. The highest BCUT2D eigenvalue weighted by molar-refractivity contribution is 5.34. The Labute approximate surface area is 131 Å². The lowest BCUT2D eigenvalue weighted by atomic mass is 10.0. The van der Waals surface area contributed by atoms with Gasteiger partial charge < -0.3 is 4.90 Å². The number of nitrogens with zero attached hydrogens (tertiary/aromatic N) is 1. The van der Waals surface area contributed by atoms with Gasteiger partial charge >= 0.3 is 6.18 Å². The third-order valence-electron chi connectivity index (χ3n) is 3.71. The van der Waals surface area contributed by atoms with Crippen LogP contribution in [0.5, 0.6) is 0 Å². The molecule has 0 N–H and O–H groups in total. The Morgan fingerprint density at radius 1 is 1.27 bits per heavy atom. The van der Waals surface area contributed by atoms with Crippen LogP contribution in [0.3, 0.4) is 0 Å². The molecular formula is C18H26F3N. The molecular weight excluding hydrogens is 287 g/mol. The van der Waals surface area contributed by atoms with Crippen LogP contribution in [-0.2, 0) is 0 Å². The first-order valence-corrected chi connectivity index (χ1v) is 7.89. The molecule has 1 heterocycles. The van der Waals surface area contributed by atoms with Crippen LogP contribution >= 0.6 is 0 Å². The predicted molar refractivity (Wildman–Crippen MR) is 86.5 cm³/mol. The van der Waals surface area contributed by atoms with Gasteiger partial charge in [0.15, 0.2) is 0 Å². The molecule has 1 aliphatic heterocycles. The first-order chi connectivity index (χ1) is 10.4. The fraction of sp³-hybridized carbons (Fsp3) is 0.556. The average Bonchev–Trinajstić information content (AvgIpc) is 2.44. The molecule has 124 valence electrons. The number of hydrogen-bond acceptors (Lipinski definition) is 1. The molecule has 4 heteroatoms. The number of piperidine rings is 1. The summed E-state index contributed by atoms with van der Waals surface area (Å²) in [6.07, 6.45) is 8.07. The zero-order valence-electron chi connectivity index (χ0n) is 13.7. The molecule has 0 spiro atoms. The van der Waals surface area contributed by atoms with Crippen molar-refractivity contribution in [3.8, 4) is 0 Å². The fourth-order valence-corrected chi connectivity index (χ4v) is 2.55. The van der Waals surface area contributed by atoms with Crippen molar-refractivity contribution in [2.45, 2.75) is 52.1 Å². The van der Waals surface area contributed by atoms with Crippen LogP contribution in [0.1, 0.15) is 46.0 Å². The first kappa shape index (κ1) is 18.6. The third kappa shape index (κ3) is 6.12. The molecule has 0 amide bonds. The van der Waals surface area contributed by atoms with Gasteiger partial charge in [0.1, 0.15) is 0 Å². The topological polar surface area (TPSA) is 3.24 Å². The quantitative estimate of drug-likeness (QED) is 0.582. The molecule has 1 aliphatic rings. The predicted octanol–water partition coefficient (Wildman–Crippen LogP) is 5.78. The maximum absolute atomic E-state index is 13.0. The number of halogens is 3. The Balaban J connectivity index is 2.95. The van der Waals surface area contributed by atoms with E-state index in [1.54, 1.807) is 19.1 Å². The Morgan fingerprint density at radius 2 is 2.00 bits per heavy atom. The largest absolute Gasteiger partial charge is 0.416 e. The van der Waals surface area contributed by atoms with Crippen molar-refractivity contribution in [2.24, 2.45) is 0 Å². The van der Waals surface area contributed by atoms with Gasteiger partial charge in [-0.15, -0.1) is 0 Å². The van der Waals surface area contributed by atoms with Gasteiger partial charge in [0.05, 0.1) is 5.57 Å². The molecule has 0 radical (unpaired) electrons. The molecule has 1 fully saturated rings. The summed E-state index contributed by atoms with van der Waals surface area (Å²) in [7, 11) is 2.04. The third-order valence-corrected chi connectivity index (χ3v) is 3.71. The van der Waals surface area contributed by atoms with Crippen LogP contribution in [0.4, 0.5) is 13.2 Å². The van der Waals surface area contributed by atoms with Gasteiger partial charge in [-0.05, 0) is 50.7 Å². The summed E-state index contributed by atoms with van der Waals surface area (Å²) in [5.41, 5.74) is 1.36. The summed E-state index contributed by atoms with van der Waals surface area (Å²) in [6, 6.07) is 0. The number of hydrogen-bond donors (Lipinski definition) is 0. The van der Waals surface area contributed by atoms with E-state index in [0.717, 1.165) is 19.4 Å². The maximum atomic E-state index is 13.0. The van der Waals surface area contributed by atoms with E-state index in [-0.39, 0.29) is 0 Å². The zero-order valence-corrected chi connectivity index (χ0v) is 13.7. The molecule has 0 saturated carbocycles. The van der Waals surface area contributed by atoms with Crippen LogP contribution < -0.4 is 0 Å². The Bertz CT molecular complexity index is 467. The summed E-state index contributed by atoms with van der Waals surface area (Å²) >= 11 is 0. The highest BCUT2D eigenvalue weighted by atomic mass is 19.4. The normalized spacial score (nSPS) is 20.3. The second-order valence-electron chi connectivity index (χ2n) is 5.56. The van der Waals surface area contributed by atoms with Crippen molar-refractivity contribution in [3.05, 3.63) is 47.2 Å². The minimum atomic E-state index is -4.29. The highest BCUT2D eigenvalue weighted by Crippen LogP contribution is 2.29. The van der Waals surface area contributed by atoms with E-state index in [0.29, 0.717) is 18.4 Å². The van der Waals surface area contributed by atoms with Gasteiger partial charge in [-0.2, -0.15) is 13.2 Å². The van der Waals surface area contributed by atoms with Crippen molar-refractivity contribution >= 4 is 0 Å². The Kier molecular flexibility index (Phi) is 7.49. The van der Waals surface area contributed by atoms with E-state index in [2.05, 4.69) is 11.0 Å². The number of alkyl halides is 3. The summed E-state index contributed by atoms with van der Waals surface area (Å²) in [5, 5.41) is 0. The second kappa shape index (κ2) is 8.86. The number of likely N-dealkylation sites (tertiary alicyclic amines) is 1. The van der Waals surface area contributed by atoms with Gasteiger partial charge in [-0.3, -0.25) is 0 Å². The highest BCUT2D eigenvalue weighted by Gasteiger charge is 2.31. The molecule has 0 aliphatic carbocycles. The lowest BCUT2D eigenvalue weighted by Crippen LogP contribution is -2.23. The van der Waals surface area contributed by atoms with E-state index < -0.39 is 11.7 Å². The van der Waals surface area contributed by atoms with E-state index in [9.17, 15) is 13.2 Å². The minimum Gasteiger partial charge on any atom is -0.378 e. The molecule has 0 aromatic carbocycles. The first-order valence-electron chi connectivity index (χ1n) is 7.89. The number of allylic oxidation sites excluding steroid dienone is 8. The lowest BCUT2D eigenvalue weighted by molar-refractivity contribution is -0.0884. The van der Waals surface area contributed by atoms with Crippen LogP contribution in [0.15, 0.2) is 47.2 Å². The smallest absolute Gasteiger partial charge is 0.378 e. The van der Waals surface area contributed by atoms with Gasteiger partial charge in [-0.25, -0.2) is 0 Å². The van der Waals surface area contributed by atoms with E-state index >= 15 is 0 Å². The van der Waals surface area contributed by atoms with E-state index in [4.69, 9.17) is 0 Å². The SMILES string of the molecule is C\C=C/C(=C\C(=C\CC)C(F)(F)F)C/C=C1/CCCCN1C. The van der Waals surface area contributed by atoms with Gasteiger partial charge in [-0.1, -0.05) is 31.2 Å². The number of rotatable bonds is 5. The minimum absolute atomic E-state index is 0.373. The average molecular weight is 313 g/mol. The monoisotopic (exact) mass is 313 g/mol. The van der Waals surface area contributed by atoms with Crippen molar-refractivity contribution < 1.29 is 13.2 Å². The van der Waals surface area contributed by atoms with Crippen LogP contribution in [-0.4, -0.2) is 24.7 Å². The Hall–Kier alpha value is -1.45. The molecule has 0 atom stereocenters. The molecule has 22 heavy (non-hydrogen) atoms. The molecule has 1 nitrogen and oxygen atoms in total.